The van der Waals surface area contributed by atoms with Gasteiger partial charge in [-0.2, -0.15) is 0 Å². The van der Waals surface area contributed by atoms with Crippen LogP contribution in [-0.2, 0) is 6.42 Å². The number of nitrogens with one attached hydrogen (secondary N) is 1. The van der Waals surface area contributed by atoms with Crippen LogP contribution < -0.4 is 5.32 Å². The van der Waals surface area contributed by atoms with Gasteiger partial charge in [-0.1, -0.05) is 6.07 Å². The number of carboxylic acid groups (broad SMARTS) is 1. The monoisotopic (exact) mass is 257 g/mol. The summed E-state index contributed by atoms with van der Waals surface area (Å²) in [7, 11) is 0. The summed E-state index contributed by atoms with van der Waals surface area (Å²) in [6.07, 6.45) is 4.06. The molecule has 0 unspecified atom stereocenters. The van der Waals surface area contributed by atoms with Crippen LogP contribution in [0, 0.1) is 6.92 Å². The molecule has 0 fully saturated rings. The number of aryl methyl sites for hydroxylation is 1. The van der Waals surface area contributed by atoms with E-state index in [2.05, 4.69) is 15.3 Å². The van der Waals surface area contributed by atoms with Crippen molar-refractivity contribution in [3.05, 3.63) is 53.5 Å². The van der Waals surface area contributed by atoms with Gasteiger partial charge in [-0.05, 0) is 30.7 Å². The maximum absolute atomic E-state index is 11.2. The second-order valence-electron chi connectivity index (χ2n) is 4.15. The van der Waals surface area contributed by atoms with Crippen LogP contribution in [0.4, 0.5) is 5.82 Å². The van der Waals surface area contributed by atoms with Gasteiger partial charge in [0, 0.05) is 31.1 Å². The van der Waals surface area contributed by atoms with Gasteiger partial charge >= 0.3 is 5.97 Å². The Bertz CT molecular complexity index is 570. The highest BCUT2D eigenvalue weighted by Crippen LogP contribution is 2.16. The van der Waals surface area contributed by atoms with E-state index in [-0.39, 0.29) is 5.56 Å². The summed E-state index contributed by atoms with van der Waals surface area (Å²) in [6, 6.07) is 7.41. The lowest BCUT2D eigenvalue weighted by Gasteiger charge is -2.10. The number of rotatable bonds is 5. The van der Waals surface area contributed by atoms with Crippen molar-refractivity contribution in [2.75, 3.05) is 11.9 Å². The highest BCUT2D eigenvalue weighted by Gasteiger charge is 2.13. The average Bonchev–Trinajstić information content (AvgIpc) is 2.39. The van der Waals surface area contributed by atoms with Crippen LogP contribution in [0.3, 0.4) is 0 Å². The van der Waals surface area contributed by atoms with E-state index in [0.717, 1.165) is 12.1 Å². The van der Waals surface area contributed by atoms with Gasteiger partial charge in [0.05, 0.1) is 0 Å². The fourth-order valence-electron chi connectivity index (χ4n) is 1.82. The van der Waals surface area contributed by atoms with Gasteiger partial charge in [0.1, 0.15) is 11.4 Å². The Balaban J connectivity index is 2.04. The molecule has 19 heavy (non-hydrogen) atoms. The summed E-state index contributed by atoms with van der Waals surface area (Å²) in [6.45, 7) is 2.35. The van der Waals surface area contributed by atoms with Crippen LogP contribution >= 0.6 is 0 Å². The van der Waals surface area contributed by atoms with Crippen molar-refractivity contribution in [3.63, 3.8) is 0 Å². The molecular formula is C14H15N3O2. The topological polar surface area (TPSA) is 75.1 Å². The highest BCUT2D eigenvalue weighted by atomic mass is 16.4. The van der Waals surface area contributed by atoms with Crippen LogP contribution in [0.15, 0.2) is 36.7 Å². The summed E-state index contributed by atoms with van der Waals surface area (Å²) >= 11 is 0. The van der Waals surface area contributed by atoms with Crippen LogP contribution in [-0.4, -0.2) is 27.6 Å². The van der Waals surface area contributed by atoms with Crippen LogP contribution in [0.2, 0.25) is 0 Å². The molecule has 2 rings (SSSR count). The quantitative estimate of drug-likeness (QED) is 0.858. The zero-order valence-electron chi connectivity index (χ0n) is 10.6. The maximum Gasteiger partial charge on any atom is 0.339 e. The molecule has 2 aromatic rings. The third-order valence-electron chi connectivity index (χ3n) is 2.77. The fourth-order valence-corrected chi connectivity index (χ4v) is 1.82. The molecule has 2 N–H and O–H groups in total. The molecule has 0 amide bonds. The standard InChI is InChI=1S/C14H15N3O2/c1-10-5-8-16-13(12(10)14(18)19)17-9-6-11-4-2-3-7-15-11/h2-5,7-8H,6,9H2,1H3,(H,16,17)(H,18,19). The zero-order chi connectivity index (χ0) is 13.7. The van der Waals surface area contributed by atoms with E-state index in [1.165, 1.54) is 0 Å². The first-order chi connectivity index (χ1) is 9.18. The number of anilines is 1. The molecule has 5 heteroatoms. The van der Waals surface area contributed by atoms with E-state index in [1.807, 2.05) is 18.2 Å². The molecule has 2 heterocycles. The minimum absolute atomic E-state index is 0.225. The van der Waals surface area contributed by atoms with E-state index in [1.54, 1.807) is 25.4 Å². The number of carbonyl (C=O) groups is 1. The molecule has 0 bridgehead atoms. The van der Waals surface area contributed by atoms with Crippen molar-refractivity contribution in [1.82, 2.24) is 9.97 Å². The van der Waals surface area contributed by atoms with Gasteiger partial charge in [0.25, 0.3) is 0 Å². The van der Waals surface area contributed by atoms with Gasteiger partial charge in [-0.25, -0.2) is 9.78 Å². The Morgan fingerprint density at radius 1 is 1.26 bits per heavy atom. The fraction of sp³-hybridized carbons (Fsp3) is 0.214. The first kappa shape index (κ1) is 13.0. The van der Waals surface area contributed by atoms with Gasteiger partial charge in [0.15, 0.2) is 0 Å². The second-order valence-corrected chi connectivity index (χ2v) is 4.15. The third kappa shape index (κ3) is 3.28. The number of aromatic nitrogens is 2. The summed E-state index contributed by atoms with van der Waals surface area (Å²) in [4.78, 5) is 19.5. The molecule has 0 aromatic carbocycles. The SMILES string of the molecule is Cc1ccnc(NCCc2ccccn2)c1C(=O)O. The van der Waals surface area contributed by atoms with Crippen molar-refractivity contribution < 1.29 is 9.90 Å². The highest BCUT2D eigenvalue weighted by molar-refractivity contribution is 5.94. The molecular weight excluding hydrogens is 242 g/mol. The number of aromatic carboxylic acids is 1. The summed E-state index contributed by atoms with van der Waals surface area (Å²) in [5.74, 6) is -0.561. The second kappa shape index (κ2) is 5.95. The molecule has 0 aliphatic rings. The summed E-state index contributed by atoms with van der Waals surface area (Å²) in [5, 5.41) is 12.2. The molecule has 5 nitrogen and oxygen atoms in total. The largest absolute Gasteiger partial charge is 0.478 e. The number of carboxylic acids is 1. The maximum atomic E-state index is 11.2. The van der Waals surface area contributed by atoms with Gasteiger partial charge in [0.2, 0.25) is 0 Å². The Hall–Kier alpha value is -2.43. The molecule has 0 atom stereocenters. The number of nitrogens with zero attached hydrogens (tertiary/aromatic N) is 2. The first-order valence-electron chi connectivity index (χ1n) is 6.01. The van der Waals surface area contributed by atoms with Crippen molar-refractivity contribution in [2.24, 2.45) is 0 Å². The van der Waals surface area contributed by atoms with Crippen molar-refractivity contribution in [2.45, 2.75) is 13.3 Å². The minimum Gasteiger partial charge on any atom is -0.478 e. The Labute approximate surface area is 111 Å². The number of hydrogen-bond acceptors (Lipinski definition) is 4. The van der Waals surface area contributed by atoms with Crippen LogP contribution in [0.25, 0.3) is 0 Å². The molecule has 0 saturated heterocycles. The normalized spacial score (nSPS) is 10.2. The Morgan fingerprint density at radius 3 is 2.79 bits per heavy atom. The lowest BCUT2D eigenvalue weighted by molar-refractivity contribution is 0.0697. The van der Waals surface area contributed by atoms with Crippen LogP contribution in [0.5, 0.6) is 0 Å². The first-order valence-corrected chi connectivity index (χ1v) is 6.01. The molecule has 0 spiro atoms. The zero-order valence-corrected chi connectivity index (χ0v) is 10.6. The van der Waals surface area contributed by atoms with E-state index < -0.39 is 5.97 Å². The van der Waals surface area contributed by atoms with Crippen molar-refractivity contribution in [1.29, 1.82) is 0 Å². The average molecular weight is 257 g/mol. The molecule has 0 saturated carbocycles. The van der Waals surface area contributed by atoms with E-state index in [4.69, 9.17) is 0 Å². The minimum atomic E-state index is -0.967. The van der Waals surface area contributed by atoms with Crippen LogP contribution in [0.1, 0.15) is 21.6 Å². The lowest BCUT2D eigenvalue weighted by Crippen LogP contribution is -2.12. The van der Waals surface area contributed by atoms with Gasteiger partial charge in [-0.15, -0.1) is 0 Å². The molecule has 0 radical (unpaired) electrons. The lowest BCUT2D eigenvalue weighted by atomic mass is 10.1. The van der Waals surface area contributed by atoms with Gasteiger partial charge in [-0.3, -0.25) is 4.98 Å². The Kier molecular flexibility index (Phi) is 4.07. The number of hydrogen-bond donors (Lipinski definition) is 2. The van der Waals surface area contributed by atoms with E-state index in [9.17, 15) is 9.90 Å². The van der Waals surface area contributed by atoms with Gasteiger partial charge < -0.3 is 10.4 Å². The molecule has 2 aromatic heterocycles. The number of pyridine rings is 2. The summed E-state index contributed by atoms with van der Waals surface area (Å²) < 4.78 is 0. The van der Waals surface area contributed by atoms with Crippen molar-refractivity contribution in [3.8, 4) is 0 Å². The third-order valence-corrected chi connectivity index (χ3v) is 2.77. The predicted octanol–water partition coefficient (Wildman–Crippen LogP) is 2.14. The van der Waals surface area contributed by atoms with E-state index in [0.29, 0.717) is 17.9 Å². The molecule has 98 valence electrons. The van der Waals surface area contributed by atoms with Crippen molar-refractivity contribution >= 4 is 11.8 Å². The predicted molar refractivity (Wildman–Crippen MR) is 72.4 cm³/mol. The Morgan fingerprint density at radius 2 is 2.11 bits per heavy atom. The van der Waals surface area contributed by atoms with E-state index >= 15 is 0 Å². The summed E-state index contributed by atoms with van der Waals surface area (Å²) in [5.41, 5.74) is 1.88. The molecule has 0 aliphatic carbocycles. The smallest absolute Gasteiger partial charge is 0.339 e. The molecule has 0 aliphatic heterocycles.